The van der Waals surface area contributed by atoms with Crippen molar-refractivity contribution in [3.05, 3.63) is 420 Å². The van der Waals surface area contributed by atoms with Crippen LogP contribution in [-0.2, 0) is 38.7 Å². The van der Waals surface area contributed by atoms with E-state index < -0.39 is 84.3 Å². The summed E-state index contributed by atoms with van der Waals surface area (Å²) in [7, 11) is -13.4. The number of nitrogens with two attached hydrogens (primary N) is 1. The van der Waals surface area contributed by atoms with Crippen molar-refractivity contribution in [3.8, 4) is 0 Å². The molecule has 3 aliphatic heterocycles. The second kappa shape index (κ2) is 39.4. The number of para-hydroxylation sites is 11. The number of anilines is 7. The lowest BCUT2D eigenvalue weighted by Crippen LogP contribution is -2.43. The molecular formula is C101H84N11O19P5+2. The van der Waals surface area contributed by atoms with Gasteiger partial charge in [0.2, 0.25) is 20.5 Å². The van der Waals surface area contributed by atoms with Gasteiger partial charge in [-0.2, -0.15) is 0 Å². The molecule has 15 aromatic carbocycles. The molecule has 2 aromatic heterocycles. The number of benzene rings is 15. The van der Waals surface area contributed by atoms with E-state index in [4.69, 9.17) is 15.2 Å². The van der Waals surface area contributed by atoms with Crippen molar-refractivity contribution in [1.29, 1.82) is 0 Å². The maximum absolute atomic E-state index is 14.7. The molecule has 5 atom stereocenters. The van der Waals surface area contributed by atoms with Crippen LogP contribution in [0.2, 0.25) is 0 Å². The second-order valence-electron chi connectivity index (χ2n) is 32.9. The first-order valence-corrected chi connectivity index (χ1v) is 49.8. The Morgan fingerprint density at radius 3 is 1.43 bits per heavy atom. The van der Waals surface area contributed by atoms with Gasteiger partial charge in [0.05, 0.1) is 52.1 Å². The van der Waals surface area contributed by atoms with Crippen LogP contribution in [0.15, 0.2) is 358 Å². The van der Waals surface area contributed by atoms with Gasteiger partial charge in [-0.05, 0) is 150 Å². The minimum absolute atomic E-state index is 0.00145. The van der Waals surface area contributed by atoms with Crippen molar-refractivity contribution in [2.45, 2.75) is 59.2 Å². The SMILES string of the molecule is CC(C)(C)OC(=O)N1c2ccccc2P(=O)(c2ccccc2)c2cccc([N+](=O)[O-])c21.CC(C)(C)OC(=O)n1c2ccccc2[p+](=O)c2cccc([N+](=O)[O-])c21.Nc1cccc2c1Cc1ccccc1P2(=O)c1ccccc1.O=[N+]([O-])c1cccc2c1Nc1ccccc1P2(=O)c1ccccc1.O=[N+]([O-])c1cccc2c1[nH]c1ccccc1[p+]2=O.O=[N+]([O-])c1ccccc1Nc1ccccc1. The van der Waals surface area contributed by atoms with Crippen LogP contribution < -0.4 is 69.0 Å². The normalized spacial score (nSPS) is 15.3. The third kappa shape index (κ3) is 18.9. The van der Waals surface area contributed by atoms with Crippen LogP contribution in [0.3, 0.4) is 0 Å². The molecule has 136 heavy (non-hydrogen) atoms. The number of nitrogens with one attached hydrogen (secondary N) is 3. The predicted molar refractivity (Wildman–Crippen MR) is 538 cm³/mol. The largest absolute Gasteiger partial charge is 0.443 e. The van der Waals surface area contributed by atoms with E-state index in [2.05, 4.69) is 21.7 Å². The molecule has 0 saturated carbocycles. The van der Waals surface area contributed by atoms with Crippen molar-refractivity contribution in [2.24, 2.45) is 0 Å². The number of aromatic nitrogens is 2. The quantitative estimate of drug-likeness (QED) is 0.0325. The van der Waals surface area contributed by atoms with E-state index in [1.165, 1.54) is 53.4 Å². The zero-order valence-electron chi connectivity index (χ0n) is 73.5. The van der Waals surface area contributed by atoms with E-state index in [9.17, 15) is 83.0 Å². The van der Waals surface area contributed by atoms with E-state index in [0.29, 0.717) is 81.2 Å². The Hall–Kier alpha value is -16.1. The predicted octanol–water partition coefficient (Wildman–Crippen LogP) is 23.3. The lowest BCUT2D eigenvalue weighted by molar-refractivity contribution is -0.384. The van der Waals surface area contributed by atoms with Crippen molar-refractivity contribution in [2.75, 3.05) is 21.3 Å². The first kappa shape index (κ1) is 94.6. The van der Waals surface area contributed by atoms with E-state index in [1.807, 2.05) is 152 Å². The average Bonchev–Trinajstić information content (AvgIpc) is 0.703. The van der Waals surface area contributed by atoms with Crippen LogP contribution in [0.1, 0.15) is 52.7 Å². The summed E-state index contributed by atoms with van der Waals surface area (Å²) in [5.41, 5.74) is 10.7. The minimum atomic E-state index is -3.49. The smallest absolute Gasteiger partial charge is 0.420 e. The molecule has 5 heterocycles. The average molecular weight is 1910 g/mol. The Morgan fingerprint density at radius 1 is 0.397 bits per heavy atom. The molecule has 5 unspecified atom stereocenters. The molecular weight excluding hydrogens is 1830 g/mol. The molecule has 0 spiro atoms. The molecule has 35 heteroatoms. The number of nitro groups is 5. The van der Waals surface area contributed by atoms with Crippen LogP contribution in [0, 0.1) is 50.6 Å². The van der Waals surface area contributed by atoms with Gasteiger partial charge in [-0.3, -0.25) is 50.6 Å². The first-order valence-electron chi connectivity index (χ1n) is 42.2. The summed E-state index contributed by atoms with van der Waals surface area (Å²) in [4.78, 5) is 84.3. The zero-order valence-corrected chi connectivity index (χ0v) is 77.9. The summed E-state index contributed by atoms with van der Waals surface area (Å²) in [6.07, 6.45) is -0.775. The van der Waals surface area contributed by atoms with Crippen molar-refractivity contribution < 1.29 is 66.5 Å². The summed E-state index contributed by atoms with van der Waals surface area (Å²) in [5, 5.41) is 70.2. The number of ether oxygens (including phenoxy) is 2. The Bertz CT molecular complexity index is 7920. The number of carbonyl (C=O) groups is 2. The van der Waals surface area contributed by atoms with Gasteiger partial charge in [0.1, 0.15) is 33.8 Å². The van der Waals surface area contributed by atoms with Crippen LogP contribution in [0.25, 0.3) is 42.5 Å². The Balaban J connectivity index is 0.000000125. The molecule has 30 nitrogen and oxygen atoms in total. The fraction of sp³-hybridized carbons (Fsp3) is 0.0891. The minimum Gasteiger partial charge on any atom is -0.443 e. The second-order valence-corrected chi connectivity index (χ2v) is 44.1. The Morgan fingerprint density at radius 2 is 0.816 bits per heavy atom. The number of hydrogen-bond donors (Lipinski definition) is 4. The summed E-state index contributed by atoms with van der Waals surface area (Å²) >= 11 is 0. The van der Waals surface area contributed by atoms with Gasteiger partial charge in [-0.1, -0.05) is 240 Å². The highest BCUT2D eigenvalue weighted by molar-refractivity contribution is 7.87. The van der Waals surface area contributed by atoms with Crippen LogP contribution in [-0.4, -0.2) is 57.6 Å². The fourth-order valence-electron chi connectivity index (χ4n) is 16.2. The number of rotatable bonds is 10. The van der Waals surface area contributed by atoms with Crippen LogP contribution in [0.4, 0.5) is 77.8 Å². The van der Waals surface area contributed by atoms with E-state index >= 15 is 0 Å². The highest BCUT2D eigenvalue weighted by Gasteiger charge is 2.48. The molecule has 1 amide bonds. The summed E-state index contributed by atoms with van der Waals surface area (Å²) in [6, 6.07) is 103. The van der Waals surface area contributed by atoms with Crippen molar-refractivity contribution in [3.63, 3.8) is 0 Å². The summed E-state index contributed by atoms with van der Waals surface area (Å²) in [5.74, 6) is 0. The van der Waals surface area contributed by atoms with E-state index in [-0.39, 0.29) is 50.1 Å². The zero-order chi connectivity index (χ0) is 96.7. The Kier molecular flexibility index (Phi) is 27.4. The number of fused-ring (bicyclic) bond motifs is 10. The van der Waals surface area contributed by atoms with Gasteiger partial charge < -0.3 is 44.5 Å². The molecule has 17 aromatic rings. The standard InChI is InChI=1S/C23H21N2O5P.C19H16NOP.C18H13N2O3P.C17H16N2O5P.C12H8N2O3P.C12H10N2O2/c1-23(2,3)30-22(26)24-17-12-7-8-14-19(17)31(29,16-10-5-4-6-11-16)20-15-9-13-18(21(20)24)25(27)28;20-17-10-6-12-19-16(17)13-14-7-4-5-11-18(14)22(19,21)15-8-2-1-3-9-15;21-20(22)15-10-6-12-17-18(15)19-14-9-4-5-11-16(14)24(17,23)13-7-2-1-3-8-13;1-17(2,3)24-16(20)18-11-7-4-5-9-13(11)25(23)14-10-6-8-12(15(14)18)19(21)22;15-14(16)9-5-3-7-11-12(9)13-8-4-1-2-6-10(8)18(11)17;15-14(16)12-9-5-4-8-11(12)13-10-6-2-1-3-7-10/h4-15H,1-3H3;1-12H,13,20H2;1-12,19H;4-10H,1-3H3;1-7H,(H,13,17);1-9,13H/q;;;2*+1;. The fourth-order valence-corrected chi connectivity index (χ4v) is 28.2. The third-order valence-electron chi connectivity index (χ3n) is 22.0. The maximum atomic E-state index is 14.7. The number of aromatic amines is 1. The topological polar surface area (TPSA) is 428 Å². The highest BCUT2D eigenvalue weighted by Crippen LogP contribution is 2.56. The molecule has 0 saturated heterocycles. The number of carbonyl (C=O) groups excluding carboxylic acids is 2. The van der Waals surface area contributed by atoms with Crippen molar-refractivity contribution in [1.82, 2.24) is 9.55 Å². The number of non-ortho nitro benzene ring substituents is 2. The number of H-pyrrole nitrogens is 1. The van der Waals surface area contributed by atoms with Gasteiger partial charge in [-0.25, -0.2) is 19.1 Å². The van der Waals surface area contributed by atoms with Crippen molar-refractivity contribution >= 4 is 207 Å². The van der Waals surface area contributed by atoms with Gasteiger partial charge in [0.15, 0.2) is 32.5 Å². The molecule has 0 radical (unpaired) electrons. The third-order valence-corrected chi connectivity index (χ3v) is 34.7. The number of hydrogen-bond acceptors (Lipinski definition) is 22. The van der Waals surface area contributed by atoms with E-state index in [1.54, 1.807) is 193 Å². The van der Waals surface area contributed by atoms with Crippen LogP contribution >= 0.6 is 36.3 Å². The highest BCUT2D eigenvalue weighted by atomic mass is 31.2. The van der Waals surface area contributed by atoms with Gasteiger partial charge in [0, 0.05) is 85.3 Å². The Labute approximate surface area is 778 Å². The monoisotopic (exact) mass is 1910 g/mol. The molecule has 20 rings (SSSR count). The number of nitrogens with zero attached hydrogens (tertiary/aromatic N) is 7. The summed E-state index contributed by atoms with van der Waals surface area (Å²) in [6.45, 7) is 10.3. The van der Waals surface area contributed by atoms with E-state index in [0.717, 1.165) is 49.4 Å². The molecule has 0 fully saturated rings. The molecule has 680 valence electrons. The van der Waals surface area contributed by atoms with Crippen LogP contribution in [0.5, 0.6) is 0 Å². The molecule has 5 N–H and O–H groups in total. The van der Waals surface area contributed by atoms with Gasteiger partial charge in [-0.15, -0.1) is 0 Å². The number of nitro benzene ring substituents is 5. The van der Waals surface area contributed by atoms with Gasteiger partial charge >= 0.3 is 27.0 Å². The van der Waals surface area contributed by atoms with Gasteiger partial charge in [0.25, 0.3) is 28.4 Å². The maximum Gasteiger partial charge on any atom is 0.420 e. The molecule has 0 aliphatic carbocycles. The lowest BCUT2D eigenvalue weighted by Gasteiger charge is -2.36. The lowest BCUT2D eigenvalue weighted by atomic mass is 10.0. The number of nitrogen functional groups attached to an aromatic ring is 1. The first-order chi connectivity index (χ1) is 65.1. The number of amides is 1. The molecule has 0 bridgehead atoms. The summed E-state index contributed by atoms with van der Waals surface area (Å²) < 4.78 is 80.5. The molecule has 3 aliphatic rings.